The van der Waals surface area contributed by atoms with Crippen molar-refractivity contribution in [3.05, 3.63) is 53.3 Å². The van der Waals surface area contributed by atoms with Crippen LogP contribution < -0.4 is 10.6 Å². The molecule has 1 aromatic carbocycles. The zero-order chi connectivity index (χ0) is 17.9. The SMILES string of the molecule is CCNC(=NCC(C)(O)c1cnn(C)c1)NCC1Cc2ccccc21. The van der Waals surface area contributed by atoms with Crippen LogP contribution >= 0.6 is 0 Å². The molecular formula is C19H27N5O. The van der Waals surface area contributed by atoms with Gasteiger partial charge in [0.25, 0.3) is 0 Å². The van der Waals surface area contributed by atoms with E-state index in [0.717, 1.165) is 31.0 Å². The molecule has 134 valence electrons. The van der Waals surface area contributed by atoms with Gasteiger partial charge >= 0.3 is 0 Å². The summed E-state index contributed by atoms with van der Waals surface area (Å²) in [7, 11) is 1.84. The van der Waals surface area contributed by atoms with E-state index in [1.807, 2.05) is 20.2 Å². The number of hydrogen-bond donors (Lipinski definition) is 3. The molecule has 2 unspecified atom stereocenters. The molecule has 6 nitrogen and oxygen atoms in total. The van der Waals surface area contributed by atoms with Gasteiger partial charge in [0.1, 0.15) is 5.60 Å². The molecular weight excluding hydrogens is 314 g/mol. The number of nitrogens with zero attached hydrogens (tertiary/aromatic N) is 3. The highest BCUT2D eigenvalue weighted by molar-refractivity contribution is 5.80. The number of fused-ring (bicyclic) bond motifs is 1. The maximum absolute atomic E-state index is 10.7. The molecule has 2 atom stereocenters. The van der Waals surface area contributed by atoms with Crippen molar-refractivity contribution < 1.29 is 5.11 Å². The van der Waals surface area contributed by atoms with Gasteiger partial charge < -0.3 is 15.7 Å². The van der Waals surface area contributed by atoms with Crippen LogP contribution in [0.2, 0.25) is 0 Å². The molecule has 25 heavy (non-hydrogen) atoms. The van der Waals surface area contributed by atoms with E-state index in [0.29, 0.717) is 5.92 Å². The molecule has 2 aromatic rings. The molecule has 0 radical (unpaired) electrons. The Hall–Kier alpha value is -2.34. The molecule has 0 spiro atoms. The topological polar surface area (TPSA) is 74.5 Å². The van der Waals surface area contributed by atoms with Crippen molar-refractivity contribution in [3.63, 3.8) is 0 Å². The molecule has 0 saturated heterocycles. The van der Waals surface area contributed by atoms with Crippen LogP contribution in [-0.2, 0) is 19.1 Å². The van der Waals surface area contributed by atoms with Gasteiger partial charge in [-0.3, -0.25) is 4.68 Å². The highest BCUT2D eigenvalue weighted by atomic mass is 16.3. The summed E-state index contributed by atoms with van der Waals surface area (Å²) in [5.74, 6) is 1.26. The minimum atomic E-state index is -1.04. The average molecular weight is 341 g/mol. The molecule has 1 heterocycles. The standard InChI is InChI=1S/C19H27N5O/c1-4-20-18(21-10-15-9-14-7-5-6-8-17(14)15)22-13-19(2,25)16-11-23-24(3)12-16/h5-8,11-12,15,25H,4,9-10,13H2,1-3H3,(H2,20,21,22). The summed E-state index contributed by atoms with van der Waals surface area (Å²) < 4.78 is 1.69. The van der Waals surface area contributed by atoms with E-state index in [2.05, 4.69) is 45.0 Å². The van der Waals surface area contributed by atoms with Crippen molar-refractivity contribution in [2.75, 3.05) is 19.6 Å². The maximum Gasteiger partial charge on any atom is 0.191 e. The molecule has 1 aliphatic rings. The maximum atomic E-state index is 10.7. The van der Waals surface area contributed by atoms with Gasteiger partial charge in [-0.05, 0) is 31.4 Å². The zero-order valence-electron chi connectivity index (χ0n) is 15.2. The van der Waals surface area contributed by atoms with Crippen LogP contribution in [-0.4, -0.2) is 40.5 Å². The smallest absolute Gasteiger partial charge is 0.191 e. The fraction of sp³-hybridized carbons (Fsp3) is 0.474. The minimum absolute atomic E-state index is 0.273. The van der Waals surface area contributed by atoms with Gasteiger partial charge in [0.15, 0.2) is 5.96 Å². The number of rotatable bonds is 6. The lowest BCUT2D eigenvalue weighted by Crippen LogP contribution is -2.42. The molecule has 0 fully saturated rings. The summed E-state index contributed by atoms with van der Waals surface area (Å²) in [5, 5.41) is 21.4. The molecule has 3 rings (SSSR count). The van der Waals surface area contributed by atoms with Crippen molar-refractivity contribution in [2.45, 2.75) is 31.8 Å². The predicted molar refractivity (Wildman–Crippen MR) is 99.6 cm³/mol. The summed E-state index contributed by atoms with van der Waals surface area (Å²) in [6.07, 6.45) is 4.61. The number of nitrogens with one attached hydrogen (secondary N) is 2. The number of guanidine groups is 1. The Kier molecular flexibility index (Phi) is 5.08. The Bertz CT molecular complexity index is 750. The van der Waals surface area contributed by atoms with Crippen molar-refractivity contribution in [1.29, 1.82) is 0 Å². The van der Waals surface area contributed by atoms with Gasteiger partial charge in [-0.2, -0.15) is 5.10 Å². The Labute approximate surface area is 149 Å². The predicted octanol–water partition coefficient (Wildman–Crippen LogP) is 1.52. The zero-order valence-corrected chi connectivity index (χ0v) is 15.2. The van der Waals surface area contributed by atoms with Gasteiger partial charge in [0, 0.05) is 37.8 Å². The number of benzene rings is 1. The first-order valence-electron chi connectivity index (χ1n) is 8.81. The van der Waals surface area contributed by atoms with Gasteiger partial charge in [-0.1, -0.05) is 24.3 Å². The van der Waals surface area contributed by atoms with Crippen molar-refractivity contribution in [2.24, 2.45) is 12.0 Å². The van der Waals surface area contributed by atoms with E-state index in [4.69, 9.17) is 0 Å². The third-order valence-corrected chi connectivity index (χ3v) is 4.69. The average Bonchev–Trinajstić information content (AvgIpc) is 3.01. The number of aromatic nitrogens is 2. The van der Waals surface area contributed by atoms with Gasteiger partial charge in [-0.15, -0.1) is 0 Å². The van der Waals surface area contributed by atoms with Crippen LogP contribution in [0, 0.1) is 0 Å². The Morgan fingerprint density at radius 3 is 2.88 bits per heavy atom. The summed E-state index contributed by atoms with van der Waals surface area (Å²) in [6, 6.07) is 8.57. The first-order valence-corrected chi connectivity index (χ1v) is 8.81. The third-order valence-electron chi connectivity index (χ3n) is 4.69. The van der Waals surface area contributed by atoms with E-state index in [-0.39, 0.29) is 6.54 Å². The lowest BCUT2D eigenvalue weighted by molar-refractivity contribution is 0.0672. The van der Waals surface area contributed by atoms with Crippen LogP contribution in [0.1, 0.15) is 36.5 Å². The molecule has 0 saturated carbocycles. The highest BCUT2D eigenvalue weighted by Gasteiger charge is 2.26. The molecule has 0 aliphatic heterocycles. The van der Waals surface area contributed by atoms with E-state index >= 15 is 0 Å². The van der Waals surface area contributed by atoms with Crippen LogP contribution in [0.15, 0.2) is 41.7 Å². The summed E-state index contributed by atoms with van der Waals surface area (Å²) >= 11 is 0. The van der Waals surface area contributed by atoms with E-state index in [1.165, 1.54) is 11.1 Å². The minimum Gasteiger partial charge on any atom is -0.383 e. The van der Waals surface area contributed by atoms with Crippen molar-refractivity contribution in [3.8, 4) is 0 Å². The van der Waals surface area contributed by atoms with Crippen molar-refractivity contribution in [1.82, 2.24) is 20.4 Å². The second-order valence-electron chi connectivity index (χ2n) is 6.85. The summed E-state index contributed by atoms with van der Waals surface area (Å²) in [6.45, 7) is 5.70. The van der Waals surface area contributed by atoms with Crippen LogP contribution in [0.4, 0.5) is 0 Å². The monoisotopic (exact) mass is 341 g/mol. The molecule has 1 aliphatic carbocycles. The van der Waals surface area contributed by atoms with Crippen molar-refractivity contribution >= 4 is 5.96 Å². The van der Waals surface area contributed by atoms with Gasteiger partial charge in [0.05, 0.1) is 12.7 Å². The lowest BCUT2D eigenvalue weighted by atomic mass is 9.78. The fourth-order valence-electron chi connectivity index (χ4n) is 3.13. The van der Waals surface area contributed by atoms with E-state index in [1.54, 1.807) is 17.8 Å². The lowest BCUT2D eigenvalue weighted by Gasteiger charge is -2.30. The molecule has 0 amide bonds. The Morgan fingerprint density at radius 1 is 1.40 bits per heavy atom. The second-order valence-corrected chi connectivity index (χ2v) is 6.85. The molecule has 0 bridgehead atoms. The van der Waals surface area contributed by atoms with Gasteiger partial charge in [-0.25, -0.2) is 4.99 Å². The van der Waals surface area contributed by atoms with E-state index in [9.17, 15) is 5.11 Å². The van der Waals surface area contributed by atoms with E-state index < -0.39 is 5.60 Å². The number of aliphatic hydroxyl groups is 1. The first-order chi connectivity index (χ1) is 12.0. The van der Waals surface area contributed by atoms with Crippen LogP contribution in [0.5, 0.6) is 0 Å². The fourth-order valence-corrected chi connectivity index (χ4v) is 3.13. The summed E-state index contributed by atoms with van der Waals surface area (Å²) in [5.41, 5.74) is 2.59. The van der Waals surface area contributed by atoms with Crippen LogP contribution in [0.25, 0.3) is 0 Å². The second kappa shape index (κ2) is 7.27. The quantitative estimate of drug-likeness (QED) is 0.550. The summed E-state index contributed by atoms with van der Waals surface area (Å²) in [4.78, 5) is 4.56. The normalized spacial score (nSPS) is 18.9. The molecule has 3 N–H and O–H groups in total. The van der Waals surface area contributed by atoms with Crippen LogP contribution in [0.3, 0.4) is 0 Å². The number of aliphatic imine (C=N–C) groups is 1. The Morgan fingerprint density at radius 2 is 2.20 bits per heavy atom. The highest BCUT2D eigenvalue weighted by Crippen LogP contribution is 2.33. The van der Waals surface area contributed by atoms with Gasteiger partial charge in [0.2, 0.25) is 0 Å². The Balaban J connectivity index is 1.60. The third kappa shape index (κ3) is 4.02. The largest absolute Gasteiger partial charge is 0.383 e. The first kappa shape index (κ1) is 17.5. The molecule has 6 heteroatoms. The number of hydrogen-bond acceptors (Lipinski definition) is 3. The number of aryl methyl sites for hydroxylation is 1. The molecule has 1 aromatic heterocycles.